The molecule has 1 amide bonds. The van der Waals surface area contributed by atoms with Crippen molar-refractivity contribution in [2.24, 2.45) is 5.92 Å². The number of carboxylic acid groups (broad SMARTS) is 1. The monoisotopic (exact) mass is 304 g/mol. The fourth-order valence-corrected chi connectivity index (χ4v) is 2.95. The Bertz CT molecular complexity index is 571. The largest absolute Gasteiger partial charge is 0.481 e. The standard InChI is InChI=1S/C16H20N2O4/c19-15(18-13-6-2-5-12(13)16(20)21)10-7-8-17-14(9-10)22-11-3-1-4-11/h7-9,11-13H,1-6H2,(H,18,19)(H,20,21)/t12-,13+/m1/s1. The lowest BCUT2D eigenvalue weighted by atomic mass is 9.96. The van der Waals surface area contributed by atoms with Gasteiger partial charge in [-0.15, -0.1) is 0 Å². The van der Waals surface area contributed by atoms with E-state index in [1.807, 2.05) is 0 Å². The summed E-state index contributed by atoms with van der Waals surface area (Å²) in [5, 5.41) is 12.0. The Morgan fingerprint density at radius 3 is 2.68 bits per heavy atom. The lowest BCUT2D eigenvalue weighted by Gasteiger charge is -2.25. The molecule has 0 saturated heterocycles. The van der Waals surface area contributed by atoms with E-state index in [4.69, 9.17) is 9.84 Å². The zero-order valence-corrected chi connectivity index (χ0v) is 12.3. The van der Waals surface area contributed by atoms with E-state index in [1.165, 1.54) is 6.42 Å². The van der Waals surface area contributed by atoms with Crippen LogP contribution in [0.3, 0.4) is 0 Å². The number of carbonyl (C=O) groups excluding carboxylic acids is 1. The number of hydrogen-bond donors (Lipinski definition) is 2. The van der Waals surface area contributed by atoms with Gasteiger partial charge in [0.15, 0.2) is 0 Å². The third-order valence-electron chi connectivity index (χ3n) is 4.49. The van der Waals surface area contributed by atoms with Gasteiger partial charge in [0.25, 0.3) is 5.91 Å². The molecule has 1 aromatic heterocycles. The van der Waals surface area contributed by atoms with Crippen LogP contribution >= 0.6 is 0 Å². The number of amides is 1. The fraction of sp³-hybridized carbons (Fsp3) is 0.562. The molecule has 1 aromatic rings. The predicted octanol–water partition coefficient (Wildman–Crippen LogP) is 2.00. The number of carboxylic acids is 1. The molecule has 6 heteroatoms. The molecular formula is C16H20N2O4. The first kappa shape index (κ1) is 14.8. The van der Waals surface area contributed by atoms with Crippen LogP contribution in [0.2, 0.25) is 0 Å². The quantitative estimate of drug-likeness (QED) is 0.868. The predicted molar refractivity (Wildman–Crippen MR) is 78.7 cm³/mol. The van der Waals surface area contributed by atoms with Gasteiger partial charge in [-0.3, -0.25) is 9.59 Å². The molecule has 1 heterocycles. The third-order valence-corrected chi connectivity index (χ3v) is 4.49. The molecule has 0 aliphatic heterocycles. The molecule has 6 nitrogen and oxygen atoms in total. The van der Waals surface area contributed by atoms with Crippen LogP contribution < -0.4 is 10.1 Å². The van der Waals surface area contributed by atoms with Crippen molar-refractivity contribution in [3.8, 4) is 5.88 Å². The summed E-state index contributed by atoms with van der Waals surface area (Å²) < 4.78 is 5.69. The van der Waals surface area contributed by atoms with E-state index in [-0.39, 0.29) is 18.1 Å². The summed E-state index contributed by atoms with van der Waals surface area (Å²) in [5.74, 6) is -1.14. The van der Waals surface area contributed by atoms with E-state index in [9.17, 15) is 9.59 Å². The van der Waals surface area contributed by atoms with Crippen molar-refractivity contribution in [3.05, 3.63) is 23.9 Å². The van der Waals surface area contributed by atoms with Gasteiger partial charge in [0, 0.05) is 23.9 Å². The van der Waals surface area contributed by atoms with Crippen LogP contribution in [0.1, 0.15) is 48.9 Å². The van der Waals surface area contributed by atoms with Crippen LogP contribution in [0.15, 0.2) is 18.3 Å². The fourth-order valence-electron chi connectivity index (χ4n) is 2.95. The minimum Gasteiger partial charge on any atom is -0.481 e. The van der Waals surface area contributed by atoms with Gasteiger partial charge in [-0.2, -0.15) is 0 Å². The van der Waals surface area contributed by atoms with Gasteiger partial charge in [-0.1, -0.05) is 6.42 Å². The highest BCUT2D eigenvalue weighted by molar-refractivity contribution is 5.94. The van der Waals surface area contributed by atoms with E-state index in [0.717, 1.165) is 19.3 Å². The van der Waals surface area contributed by atoms with Gasteiger partial charge in [-0.25, -0.2) is 4.98 Å². The summed E-state index contributed by atoms with van der Waals surface area (Å²) in [6, 6.07) is 2.95. The summed E-state index contributed by atoms with van der Waals surface area (Å²) in [5.41, 5.74) is 0.459. The van der Waals surface area contributed by atoms with E-state index in [0.29, 0.717) is 24.3 Å². The summed E-state index contributed by atoms with van der Waals surface area (Å²) in [6.07, 6.45) is 7.13. The molecule has 2 aliphatic rings. The van der Waals surface area contributed by atoms with Crippen LogP contribution in [0.5, 0.6) is 5.88 Å². The molecule has 2 atom stereocenters. The van der Waals surface area contributed by atoms with Crippen molar-refractivity contribution in [1.29, 1.82) is 0 Å². The Morgan fingerprint density at radius 2 is 2.00 bits per heavy atom. The van der Waals surface area contributed by atoms with E-state index >= 15 is 0 Å². The maximum Gasteiger partial charge on any atom is 0.308 e. The second-order valence-corrected chi connectivity index (χ2v) is 6.01. The summed E-state index contributed by atoms with van der Waals surface area (Å²) in [7, 11) is 0. The maximum absolute atomic E-state index is 12.3. The topological polar surface area (TPSA) is 88.5 Å². The third kappa shape index (κ3) is 3.21. The van der Waals surface area contributed by atoms with E-state index in [2.05, 4.69) is 10.3 Å². The molecule has 3 rings (SSSR count). The molecule has 2 N–H and O–H groups in total. The highest BCUT2D eigenvalue weighted by Gasteiger charge is 2.34. The Labute approximate surface area is 128 Å². The second kappa shape index (κ2) is 6.34. The van der Waals surface area contributed by atoms with Gasteiger partial charge in [-0.05, 0) is 38.2 Å². The van der Waals surface area contributed by atoms with Crippen LogP contribution in [0, 0.1) is 5.92 Å². The average Bonchev–Trinajstić information content (AvgIpc) is 2.91. The Morgan fingerprint density at radius 1 is 1.23 bits per heavy atom. The van der Waals surface area contributed by atoms with Crippen molar-refractivity contribution >= 4 is 11.9 Å². The van der Waals surface area contributed by atoms with Gasteiger partial charge < -0.3 is 15.2 Å². The molecular weight excluding hydrogens is 284 g/mol. The number of rotatable bonds is 5. The molecule has 0 radical (unpaired) electrons. The zero-order valence-electron chi connectivity index (χ0n) is 12.3. The minimum absolute atomic E-state index is 0.206. The van der Waals surface area contributed by atoms with Crippen molar-refractivity contribution in [2.45, 2.75) is 50.7 Å². The number of aromatic nitrogens is 1. The summed E-state index contributed by atoms with van der Waals surface area (Å²) >= 11 is 0. The first-order valence-electron chi connectivity index (χ1n) is 7.80. The van der Waals surface area contributed by atoms with Crippen molar-refractivity contribution in [3.63, 3.8) is 0 Å². The number of hydrogen-bond acceptors (Lipinski definition) is 4. The first-order chi connectivity index (χ1) is 10.6. The minimum atomic E-state index is -0.841. The van der Waals surface area contributed by atoms with Gasteiger partial charge in [0.05, 0.1) is 5.92 Å². The molecule has 22 heavy (non-hydrogen) atoms. The van der Waals surface area contributed by atoms with Crippen LogP contribution in [-0.4, -0.2) is 34.1 Å². The van der Waals surface area contributed by atoms with Crippen molar-refractivity contribution in [2.75, 3.05) is 0 Å². The first-order valence-corrected chi connectivity index (χ1v) is 7.80. The zero-order chi connectivity index (χ0) is 15.5. The highest BCUT2D eigenvalue weighted by Crippen LogP contribution is 2.27. The van der Waals surface area contributed by atoms with E-state index in [1.54, 1.807) is 18.3 Å². The number of pyridine rings is 1. The highest BCUT2D eigenvalue weighted by atomic mass is 16.5. The number of carbonyl (C=O) groups is 2. The second-order valence-electron chi connectivity index (χ2n) is 6.01. The molecule has 2 fully saturated rings. The Balaban J connectivity index is 1.64. The molecule has 118 valence electrons. The van der Waals surface area contributed by atoms with Gasteiger partial charge in [0.1, 0.15) is 6.10 Å². The van der Waals surface area contributed by atoms with Crippen molar-refractivity contribution < 1.29 is 19.4 Å². The summed E-state index contributed by atoms with van der Waals surface area (Å²) in [6.45, 7) is 0. The molecule has 0 bridgehead atoms. The SMILES string of the molecule is O=C(N[C@H]1CCC[C@H]1C(=O)O)c1ccnc(OC2CCC2)c1. The van der Waals surface area contributed by atoms with Gasteiger partial charge >= 0.3 is 5.97 Å². The number of nitrogens with one attached hydrogen (secondary N) is 1. The molecule has 2 saturated carbocycles. The normalized spacial score (nSPS) is 24.5. The number of ether oxygens (including phenoxy) is 1. The number of aliphatic carboxylic acids is 1. The van der Waals surface area contributed by atoms with Crippen LogP contribution in [0.25, 0.3) is 0 Å². The molecule has 0 aromatic carbocycles. The smallest absolute Gasteiger partial charge is 0.308 e. The number of nitrogens with zero attached hydrogens (tertiary/aromatic N) is 1. The van der Waals surface area contributed by atoms with E-state index < -0.39 is 11.9 Å². The lowest BCUT2D eigenvalue weighted by Crippen LogP contribution is -2.40. The molecule has 2 aliphatic carbocycles. The van der Waals surface area contributed by atoms with Crippen LogP contribution in [-0.2, 0) is 4.79 Å². The average molecular weight is 304 g/mol. The molecule has 0 spiro atoms. The summed E-state index contributed by atoms with van der Waals surface area (Å²) in [4.78, 5) is 27.6. The molecule has 0 unspecified atom stereocenters. The van der Waals surface area contributed by atoms with Gasteiger partial charge in [0.2, 0.25) is 5.88 Å². The van der Waals surface area contributed by atoms with Crippen molar-refractivity contribution in [1.82, 2.24) is 10.3 Å². The maximum atomic E-state index is 12.3. The Hall–Kier alpha value is -2.11. The van der Waals surface area contributed by atoms with Crippen LogP contribution in [0.4, 0.5) is 0 Å². The Kier molecular flexibility index (Phi) is 4.27. The lowest BCUT2D eigenvalue weighted by molar-refractivity contribution is -0.142.